The van der Waals surface area contributed by atoms with E-state index in [1.807, 2.05) is 19.9 Å². The first-order valence-electron chi connectivity index (χ1n) is 7.72. The van der Waals surface area contributed by atoms with Crippen molar-refractivity contribution in [3.05, 3.63) is 23.0 Å². The maximum Gasteiger partial charge on any atom is 0.253 e. The van der Waals surface area contributed by atoms with Crippen molar-refractivity contribution in [2.75, 3.05) is 6.54 Å². The smallest absolute Gasteiger partial charge is 0.253 e. The summed E-state index contributed by atoms with van der Waals surface area (Å²) in [5.74, 6) is -0.541. The lowest BCUT2D eigenvalue weighted by Gasteiger charge is -2.14. The monoisotopic (exact) mass is 307 g/mol. The first-order chi connectivity index (χ1) is 10.3. The van der Waals surface area contributed by atoms with Gasteiger partial charge in [0.2, 0.25) is 5.91 Å². The first kappa shape index (κ1) is 16.5. The molecule has 6 heteroatoms. The van der Waals surface area contributed by atoms with Gasteiger partial charge in [-0.1, -0.05) is 0 Å². The van der Waals surface area contributed by atoms with Crippen LogP contribution in [0.3, 0.4) is 0 Å². The molecule has 0 spiro atoms. The van der Waals surface area contributed by atoms with E-state index in [1.54, 1.807) is 0 Å². The van der Waals surface area contributed by atoms with Crippen LogP contribution in [0.4, 0.5) is 0 Å². The fraction of sp³-hybridized carbons (Fsp3) is 0.625. The van der Waals surface area contributed by atoms with Gasteiger partial charge in [-0.15, -0.1) is 0 Å². The van der Waals surface area contributed by atoms with Crippen LogP contribution in [0.25, 0.3) is 0 Å². The van der Waals surface area contributed by atoms with E-state index in [4.69, 9.17) is 10.5 Å². The van der Waals surface area contributed by atoms with Crippen LogP contribution in [0.1, 0.15) is 54.5 Å². The van der Waals surface area contributed by atoms with Crippen LogP contribution in [-0.4, -0.2) is 35.1 Å². The van der Waals surface area contributed by atoms with Crippen LogP contribution < -0.4 is 11.1 Å². The van der Waals surface area contributed by atoms with Gasteiger partial charge in [0.1, 0.15) is 6.10 Å². The second kappa shape index (κ2) is 6.52. The van der Waals surface area contributed by atoms with Gasteiger partial charge in [-0.2, -0.15) is 0 Å². The van der Waals surface area contributed by atoms with Gasteiger partial charge in [0, 0.05) is 24.0 Å². The molecule has 22 heavy (non-hydrogen) atoms. The summed E-state index contributed by atoms with van der Waals surface area (Å²) in [5.41, 5.74) is 7.95. The zero-order chi connectivity index (χ0) is 16.4. The van der Waals surface area contributed by atoms with Crippen LogP contribution in [-0.2, 0) is 9.53 Å². The van der Waals surface area contributed by atoms with Gasteiger partial charge in [0.15, 0.2) is 0 Å². The van der Waals surface area contributed by atoms with Crippen molar-refractivity contribution in [1.29, 1.82) is 0 Å². The Morgan fingerprint density at radius 3 is 2.59 bits per heavy atom. The number of nitrogens with one attached hydrogen (secondary N) is 1. The zero-order valence-corrected chi connectivity index (χ0v) is 13.7. The van der Waals surface area contributed by atoms with E-state index in [0.29, 0.717) is 24.6 Å². The van der Waals surface area contributed by atoms with E-state index in [9.17, 15) is 9.59 Å². The molecular weight excluding hydrogens is 282 g/mol. The first-order valence-corrected chi connectivity index (χ1v) is 7.72. The third kappa shape index (κ3) is 3.32. The predicted octanol–water partition coefficient (Wildman–Crippen LogP) is 1.45. The van der Waals surface area contributed by atoms with Crippen LogP contribution in [0, 0.1) is 13.8 Å². The maximum atomic E-state index is 12.4. The Hall–Kier alpha value is -1.82. The predicted molar refractivity (Wildman–Crippen MR) is 83.7 cm³/mol. The summed E-state index contributed by atoms with van der Waals surface area (Å²) in [4.78, 5) is 23.4. The molecule has 0 saturated carbocycles. The summed E-state index contributed by atoms with van der Waals surface area (Å²) in [5, 5.41) is 2.89. The summed E-state index contributed by atoms with van der Waals surface area (Å²) >= 11 is 0. The Kier molecular flexibility index (Phi) is 4.90. The molecule has 2 atom stereocenters. The number of aryl methyl sites for hydroxylation is 1. The van der Waals surface area contributed by atoms with Crippen molar-refractivity contribution in [1.82, 2.24) is 9.88 Å². The highest BCUT2D eigenvalue weighted by molar-refractivity contribution is 5.95. The Morgan fingerprint density at radius 1 is 1.41 bits per heavy atom. The molecule has 2 amide bonds. The molecule has 2 rings (SSSR count). The molecule has 0 bridgehead atoms. The lowest BCUT2D eigenvalue weighted by atomic mass is 10.2. The van der Waals surface area contributed by atoms with E-state index in [2.05, 4.69) is 23.7 Å². The van der Waals surface area contributed by atoms with Gasteiger partial charge < -0.3 is 20.4 Å². The number of ether oxygens (including phenoxy) is 1. The molecule has 0 aromatic carbocycles. The second-order valence-electron chi connectivity index (χ2n) is 6.19. The van der Waals surface area contributed by atoms with Crippen molar-refractivity contribution in [2.45, 2.75) is 58.8 Å². The standard InChI is InChI=1S/C16H25N3O3/c1-9(2)19-10(3)7-13(11(19)4)16(21)18-8-12-5-6-14(22-12)15(17)20/h7,9,12,14H,5-6,8H2,1-4H3,(H2,17,20)(H,18,21). The molecule has 1 aliphatic rings. The number of hydrogen-bond donors (Lipinski definition) is 2. The quantitative estimate of drug-likeness (QED) is 0.863. The molecule has 1 aliphatic heterocycles. The largest absolute Gasteiger partial charge is 0.367 e. The topological polar surface area (TPSA) is 86.3 Å². The molecule has 3 N–H and O–H groups in total. The lowest BCUT2D eigenvalue weighted by Crippen LogP contribution is -2.34. The number of aromatic nitrogens is 1. The van der Waals surface area contributed by atoms with E-state index in [1.165, 1.54) is 0 Å². The van der Waals surface area contributed by atoms with Crippen molar-refractivity contribution < 1.29 is 14.3 Å². The number of rotatable bonds is 5. The number of amides is 2. The molecular formula is C16H25N3O3. The van der Waals surface area contributed by atoms with E-state index in [0.717, 1.165) is 17.8 Å². The fourth-order valence-corrected chi connectivity index (χ4v) is 3.17. The number of primary amides is 1. The Balaban J connectivity index is 1.96. The fourth-order valence-electron chi connectivity index (χ4n) is 3.17. The van der Waals surface area contributed by atoms with Crippen molar-refractivity contribution in [3.63, 3.8) is 0 Å². The third-order valence-electron chi connectivity index (χ3n) is 4.16. The molecule has 1 aromatic rings. The van der Waals surface area contributed by atoms with Gasteiger partial charge in [-0.25, -0.2) is 0 Å². The molecule has 1 aromatic heterocycles. The Morgan fingerprint density at radius 2 is 2.09 bits per heavy atom. The average Bonchev–Trinajstić information content (AvgIpc) is 3.01. The molecule has 6 nitrogen and oxygen atoms in total. The molecule has 1 fully saturated rings. The minimum absolute atomic E-state index is 0.105. The zero-order valence-electron chi connectivity index (χ0n) is 13.7. The summed E-state index contributed by atoms with van der Waals surface area (Å²) in [6.07, 6.45) is 0.694. The van der Waals surface area contributed by atoms with E-state index >= 15 is 0 Å². The van der Waals surface area contributed by atoms with Crippen molar-refractivity contribution in [3.8, 4) is 0 Å². The molecule has 122 valence electrons. The highest BCUT2D eigenvalue weighted by Crippen LogP contribution is 2.21. The van der Waals surface area contributed by atoms with Crippen molar-refractivity contribution in [2.24, 2.45) is 5.73 Å². The average molecular weight is 307 g/mol. The van der Waals surface area contributed by atoms with Crippen molar-refractivity contribution >= 4 is 11.8 Å². The number of nitrogens with two attached hydrogens (primary N) is 1. The van der Waals surface area contributed by atoms with Gasteiger partial charge in [0.25, 0.3) is 5.91 Å². The Labute approximate surface area is 131 Å². The minimum Gasteiger partial charge on any atom is -0.367 e. The van der Waals surface area contributed by atoms with Crippen LogP contribution in [0.2, 0.25) is 0 Å². The normalized spacial score (nSPS) is 21.3. The van der Waals surface area contributed by atoms with Gasteiger partial charge in [-0.3, -0.25) is 9.59 Å². The molecule has 0 aliphatic carbocycles. The Bertz CT molecular complexity index is 577. The highest BCUT2D eigenvalue weighted by Gasteiger charge is 2.29. The maximum absolute atomic E-state index is 12.4. The lowest BCUT2D eigenvalue weighted by molar-refractivity contribution is -0.128. The third-order valence-corrected chi connectivity index (χ3v) is 4.16. The minimum atomic E-state index is -0.520. The number of carbonyl (C=O) groups is 2. The number of carbonyl (C=O) groups excluding carboxylic acids is 2. The van der Waals surface area contributed by atoms with E-state index < -0.39 is 12.0 Å². The highest BCUT2D eigenvalue weighted by atomic mass is 16.5. The summed E-state index contributed by atoms with van der Waals surface area (Å²) in [6.45, 7) is 8.54. The summed E-state index contributed by atoms with van der Waals surface area (Å²) in [6, 6.07) is 2.22. The number of nitrogens with zero attached hydrogens (tertiary/aromatic N) is 1. The van der Waals surface area contributed by atoms with Gasteiger partial charge >= 0.3 is 0 Å². The number of hydrogen-bond acceptors (Lipinski definition) is 3. The molecule has 2 heterocycles. The van der Waals surface area contributed by atoms with E-state index in [-0.39, 0.29) is 12.0 Å². The molecule has 1 saturated heterocycles. The van der Waals surface area contributed by atoms with Crippen LogP contribution in [0.5, 0.6) is 0 Å². The van der Waals surface area contributed by atoms with Crippen LogP contribution in [0.15, 0.2) is 6.07 Å². The second-order valence-corrected chi connectivity index (χ2v) is 6.19. The SMILES string of the molecule is Cc1cc(C(=O)NCC2CCC(C(N)=O)O2)c(C)n1C(C)C. The summed E-state index contributed by atoms with van der Waals surface area (Å²) < 4.78 is 7.66. The van der Waals surface area contributed by atoms with Crippen LogP contribution >= 0.6 is 0 Å². The summed E-state index contributed by atoms with van der Waals surface area (Å²) in [7, 11) is 0. The van der Waals surface area contributed by atoms with Gasteiger partial charge in [-0.05, 0) is 46.6 Å². The van der Waals surface area contributed by atoms with Gasteiger partial charge in [0.05, 0.1) is 11.7 Å². The molecule has 2 unspecified atom stereocenters. The molecule has 0 radical (unpaired) electrons.